The molecular weight excluding hydrogens is 164 g/mol. The minimum absolute atomic E-state index is 0.198. The molecule has 0 radical (unpaired) electrons. The Kier molecular flexibility index (Phi) is 2.06. The summed E-state index contributed by atoms with van der Waals surface area (Å²) in [6.07, 6.45) is 5.24. The molecule has 0 bridgehead atoms. The summed E-state index contributed by atoms with van der Waals surface area (Å²) in [4.78, 5) is 13.9. The second-order valence-corrected chi connectivity index (χ2v) is 4.33. The number of carbonyl (C=O) groups is 1. The average Bonchev–Trinajstić information content (AvgIpc) is 2.85. The summed E-state index contributed by atoms with van der Waals surface area (Å²) in [6.45, 7) is 2.86. The van der Waals surface area contributed by atoms with Crippen molar-refractivity contribution in [1.82, 2.24) is 4.90 Å². The summed E-state index contributed by atoms with van der Waals surface area (Å²) in [5.41, 5.74) is 5.51. The van der Waals surface area contributed by atoms with Gasteiger partial charge in [-0.05, 0) is 39.0 Å². The number of rotatable bonds is 3. The lowest BCUT2D eigenvalue weighted by molar-refractivity contribution is -0.140. The van der Waals surface area contributed by atoms with Crippen LogP contribution in [0.15, 0.2) is 0 Å². The number of hydrogen-bond donors (Lipinski definition) is 1. The van der Waals surface area contributed by atoms with E-state index in [4.69, 9.17) is 5.73 Å². The first-order chi connectivity index (χ1) is 6.17. The molecule has 0 aliphatic heterocycles. The fourth-order valence-electron chi connectivity index (χ4n) is 2.01. The highest BCUT2D eigenvalue weighted by Gasteiger charge is 2.45. The highest BCUT2D eigenvalue weighted by atomic mass is 16.2. The standard InChI is InChI=1S/C10H18N2O/c1-2-12(8-4-5-8)9(13)10(11)6-3-7-10/h8H,2-7,11H2,1H3. The van der Waals surface area contributed by atoms with E-state index in [2.05, 4.69) is 0 Å². The number of hydrogen-bond acceptors (Lipinski definition) is 2. The Labute approximate surface area is 79.3 Å². The van der Waals surface area contributed by atoms with Gasteiger partial charge in [0.25, 0.3) is 0 Å². The first-order valence-electron chi connectivity index (χ1n) is 5.27. The summed E-state index contributed by atoms with van der Waals surface area (Å²) < 4.78 is 0. The van der Waals surface area contributed by atoms with Gasteiger partial charge in [0, 0.05) is 12.6 Å². The van der Waals surface area contributed by atoms with E-state index in [1.807, 2.05) is 11.8 Å². The number of nitrogens with zero attached hydrogens (tertiary/aromatic N) is 1. The van der Waals surface area contributed by atoms with E-state index in [1.165, 1.54) is 12.8 Å². The van der Waals surface area contributed by atoms with Crippen LogP contribution in [0.3, 0.4) is 0 Å². The van der Waals surface area contributed by atoms with Crippen molar-refractivity contribution in [2.24, 2.45) is 5.73 Å². The molecule has 2 fully saturated rings. The smallest absolute Gasteiger partial charge is 0.242 e. The van der Waals surface area contributed by atoms with E-state index in [0.717, 1.165) is 25.8 Å². The fraction of sp³-hybridized carbons (Fsp3) is 0.900. The zero-order valence-electron chi connectivity index (χ0n) is 8.25. The summed E-state index contributed by atoms with van der Waals surface area (Å²) in [7, 11) is 0. The van der Waals surface area contributed by atoms with Crippen LogP contribution >= 0.6 is 0 Å². The van der Waals surface area contributed by atoms with Crippen molar-refractivity contribution in [1.29, 1.82) is 0 Å². The highest BCUT2D eigenvalue weighted by Crippen LogP contribution is 2.35. The molecule has 2 saturated carbocycles. The molecule has 0 unspecified atom stereocenters. The Morgan fingerprint density at radius 3 is 2.46 bits per heavy atom. The maximum atomic E-state index is 12.0. The van der Waals surface area contributed by atoms with E-state index in [9.17, 15) is 4.79 Å². The molecule has 0 aromatic heterocycles. The monoisotopic (exact) mass is 182 g/mol. The Bertz CT molecular complexity index is 219. The molecule has 0 aromatic rings. The summed E-state index contributed by atoms with van der Waals surface area (Å²) in [6, 6.07) is 0.513. The lowest BCUT2D eigenvalue weighted by Crippen LogP contribution is -2.59. The summed E-state index contributed by atoms with van der Waals surface area (Å²) in [5, 5.41) is 0. The highest BCUT2D eigenvalue weighted by molar-refractivity contribution is 5.87. The molecule has 1 amide bonds. The molecule has 0 aromatic carbocycles. The minimum atomic E-state index is -0.487. The molecule has 2 rings (SSSR count). The van der Waals surface area contributed by atoms with E-state index in [-0.39, 0.29) is 5.91 Å². The number of amides is 1. The zero-order chi connectivity index (χ0) is 9.47. The molecule has 2 aliphatic carbocycles. The predicted octanol–water partition coefficient (Wildman–Crippen LogP) is 0.879. The van der Waals surface area contributed by atoms with Crippen LogP contribution in [-0.2, 0) is 4.79 Å². The van der Waals surface area contributed by atoms with Crippen molar-refractivity contribution in [2.75, 3.05) is 6.54 Å². The van der Waals surface area contributed by atoms with E-state index in [0.29, 0.717) is 6.04 Å². The van der Waals surface area contributed by atoms with Crippen molar-refractivity contribution in [2.45, 2.75) is 50.6 Å². The Morgan fingerprint density at radius 1 is 1.54 bits per heavy atom. The third-order valence-electron chi connectivity index (χ3n) is 3.26. The molecule has 3 heteroatoms. The average molecular weight is 182 g/mol. The maximum Gasteiger partial charge on any atom is 0.242 e. The maximum absolute atomic E-state index is 12.0. The van der Waals surface area contributed by atoms with Gasteiger partial charge >= 0.3 is 0 Å². The molecule has 3 nitrogen and oxygen atoms in total. The minimum Gasteiger partial charge on any atom is -0.338 e. The third kappa shape index (κ3) is 1.46. The number of carbonyl (C=O) groups excluding carboxylic acids is 1. The SMILES string of the molecule is CCN(C(=O)C1(N)CCC1)C1CC1. The van der Waals surface area contributed by atoms with Crippen LogP contribution in [0.5, 0.6) is 0 Å². The third-order valence-corrected chi connectivity index (χ3v) is 3.26. The van der Waals surface area contributed by atoms with Crippen LogP contribution in [0.1, 0.15) is 39.0 Å². The van der Waals surface area contributed by atoms with Crippen LogP contribution in [0.2, 0.25) is 0 Å². The molecule has 13 heavy (non-hydrogen) atoms. The van der Waals surface area contributed by atoms with Crippen LogP contribution in [-0.4, -0.2) is 28.9 Å². The molecule has 0 spiro atoms. The number of likely N-dealkylation sites (N-methyl/N-ethyl adjacent to an activating group) is 1. The topological polar surface area (TPSA) is 46.3 Å². The van der Waals surface area contributed by atoms with Crippen LogP contribution < -0.4 is 5.73 Å². The zero-order valence-corrected chi connectivity index (χ0v) is 8.25. The normalized spacial score (nSPS) is 25.1. The van der Waals surface area contributed by atoms with Gasteiger partial charge in [-0.3, -0.25) is 4.79 Å². The summed E-state index contributed by atoms with van der Waals surface area (Å²) >= 11 is 0. The van der Waals surface area contributed by atoms with Gasteiger partial charge < -0.3 is 10.6 Å². The molecule has 0 saturated heterocycles. The lowest BCUT2D eigenvalue weighted by atomic mass is 9.76. The second-order valence-electron chi connectivity index (χ2n) is 4.33. The number of nitrogens with two attached hydrogens (primary N) is 1. The van der Waals surface area contributed by atoms with Crippen LogP contribution in [0.4, 0.5) is 0 Å². The van der Waals surface area contributed by atoms with Crippen molar-refractivity contribution in [3.8, 4) is 0 Å². The van der Waals surface area contributed by atoms with Crippen molar-refractivity contribution in [3.05, 3.63) is 0 Å². The molecule has 2 N–H and O–H groups in total. The van der Waals surface area contributed by atoms with Gasteiger partial charge in [0.2, 0.25) is 5.91 Å². The molecule has 74 valence electrons. The summed E-state index contributed by atoms with van der Waals surface area (Å²) in [5.74, 6) is 0.198. The Morgan fingerprint density at radius 2 is 2.15 bits per heavy atom. The van der Waals surface area contributed by atoms with Crippen LogP contribution in [0.25, 0.3) is 0 Å². The Hall–Kier alpha value is -0.570. The fourth-order valence-corrected chi connectivity index (χ4v) is 2.01. The van der Waals surface area contributed by atoms with Gasteiger partial charge in [-0.25, -0.2) is 0 Å². The molecular formula is C10H18N2O. The van der Waals surface area contributed by atoms with E-state index in [1.54, 1.807) is 0 Å². The first-order valence-corrected chi connectivity index (χ1v) is 5.27. The van der Waals surface area contributed by atoms with Crippen molar-refractivity contribution >= 4 is 5.91 Å². The lowest BCUT2D eigenvalue weighted by Gasteiger charge is -2.40. The second kappa shape index (κ2) is 2.98. The van der Waals surface area contributed by atoms with Gasteiger partial charge in [0.15, 0.2) is 0 Å². The quantitative estimate of drug-likeness (QED) is 0.704. The van der Waals surface area contributed by atoms with Gasteiger partial charge in [-0.2, -0.15) is 0 Å². The van der Waals surface area contributed by atoms with E-state index >= 15 is 0 Å². The van der Waals surface area contributed by atoms with Gasteiger partial charge in [-0.1, -0.05) is 0 Å². The van der Waals surface area contributed by atoms with E-state index < -0.39 is 5.54 Å². The largest absolute Gasteiger partial charge is 0.338 e. The predicted molar refractivity (Wildman–Crippen MR) is 51.2 cm³/mol. The van der Waals surface area contributed by atoms with Crippen molar-refractivity contribution in [3.63, 3.8) is 0 Å². The first kappa shape index (κ1) is 9.00. The molecule has 0 atom stereocenters. The van der Waals surface area contributed by atoms with Crippen LogP contribution in [0, 0.1) is 0 Å². The Balaban J connectivity index is 2.00. The van der Waals surface area contributed by atoms with Gasteiger partial charge in [-0.15, -0.1) is 0 Å². The molecule has 2 aliphatic rings. The van der Waals surface area contributed by atoms with Gasteiger partial charge in [0.05, 0.1) is 5.54 Å². The van der Waals surface area contributed by atoms with Gasteiger partial charge in [0.1, 0.15) is 0 Å². The van der Waals surface area contributed by atoms with Crippen molar-refractivity contribution < 1.29 is 4.79 Å². The molecule has 0 heterocycles.